The third-order valence-corrected chi connectivity index (χ3v) is 7.65. The Balaban J connectivity index is 1.65. The first-order valence-electron chi connectivity index (χ1n) is 10.7. The van der Waals surface area contributed by atoms with Crippen molar-refractivity contribution in [2.45, 2.75) is 52.1 Å². The highest BCUT2D eigenvalue weighted by Crippen LogP contribution is 2.45. The van der Waals surface area contributed by atoms with Gasteiger partial charge >= 0.3 is 0 Å². The summed E-state index contributed by atoms with van der Waals surface area (Å²) in [6.45, 7) is 2.58. The van der Waals surface area contributed by atoms with Crippen LogP contribution in [0.2, 0.25) is 0 Å². The van der Waals surface area contributed by atoms with Crippen LogP contribution in [0.5, 0.6) is 0 Å². The number of unbranched alkanes of at least 4 members (excludes halogenated alkanes) is 4. The second kappa shape index (κ2) is 11.1. The van der Waals surface area contributed by atoms with Crippen LogP contribution in [-0.4, -0.2) is 0 Å². The minimum Gasteiger partial charge on any atom is -0.317 e. The van der Waals surface area contributed by atoms with E-state index in [-0.39, 0.29) is 0 Å². The third-order valence-electron chi connectivity index (χ3n) is 5.20. The topological polar surface area (TPSA) is 26.3 Å². The van der Waals surface area contributed by atoms with Crippen molar-refractivity contribution >= 4 is 18.0 Å². The van der Waals surface area contributed by atoms with Gasteiger partial charge in [-0.3, -0.25) is 4.57 Å². The van der Waals surface area contributed by atoms with Gasteiger partial charge < -0.3 is 4.52 Å². The van der Waals surface area contributed by atoms with Crippen molar-refractivity contribution in [3.8, 4) is 0 Å². The fraction of sp³-hybridized carbons (Fsp3) is 0.308. The van der Waals surface area contributed by atoms with Gasteiger partial charge in [-0.05, 0) is 48.2 Å². The Morgan fingerprint density at radius 2 is 1.17 bits per heavy atom. The molecule has 3 heteroatoms. The van der Waals surface area contributed by atoms with Crippen LogP contribution in [0, 0.1) is 0 Å². The lowest BCUT2D eigenvalue weighted by atomic mass is 10.0. The first-order valence-corrected chi connectivity index (χ1v) is 12.3. The molecular weight excluding hydrogens is 375 g/mol. The molecular formula is C26H31O2P. The van der Waals surface area contributed by atoms with Gasteiger partial charge in [0.1, 0.15) is 0 Å². The van der Waals surface area contributed by atoms with E-state index in [1.54, 1.807) is 0 Å². The smallest absolute Gasteiger partial charge is 0.261 e. The lowest BCUT2D eigenvalue weighted by Gasteiger charge is -2.19. The highest BCUT2D eigenvalue weighted by Gasteiger charge is 2.28. The molecule has 0 radical (unpaired) electrons. The van der Waals surface area contributed by atoms with Gasteiger partial charge in [0.2, 0.25) is 0 Å². The van der Waals surface area contributed by atoms with Crippen LogP contribution in [0.25, 0.3) is 0 Å². The maximum absolute atomic E-state index is 13.9. The van der Waals surface area contributed by atoms with E-state index in [9.17, 15) is 4.57 Å². The van der Waals surface area contributed by atoms with E-state index in [2.05, 4.69) is 31.2 Å². The Bertz CT molecular complexity index is 846. The largest absolute Gasteiger partial charge is 0.317 e. The fourth-order valence-corrected chi connectivity index (χ4v) is 5.50. The average Bonchev–Trinajstić information content (AvgIpc) is 2.79. The maximum atomic E-state index is 13.9. The highest BCUT2D eigenvalue weighted by molar-refractivity contribution is 7.74. The summed E-state index contributed by atoms with van der Waals surface area (Å²) in [6.07, 6.45) is 7.61. The van der Waals surface area contributed by atoms with Crippen LogP contribution in [0.1, 0.15) is 50.2 Å². The molecule has 29 heavy (non-hydrogen) atoms. The SMILES string of the molecule is CCCCCCCc1ccc(COP(=O)(c2ccccc2)c2ccccc2)cc1. The van der Waals surface area contributed by atoms with Gasteiger partial charge in [-0.25, -0.2) is 0 Å². The Kier molecular flexibility index (Phi) is 8.28. The summed E-state index contributed by atoms with van der Waals surface area (Å²) in [5, 5.41) is 1.46. The third kappa shape index (κ3) is 6.16. The molecule has 152 valence electrons. The number of benzene rings is 3. The molecule has 0 aliphatic carbocycles. The molecule has 3 aromatic carbocycles. The Labute approximate surface area is 175 Å². The summed E-state index contributed by atoms with van der Waals surface area (Å²) in [5.74, 6) is 0. The Morgan fingerprint density at radius 3 is 1.72 bits per heavy atom. The summed E-state index contributed by atoms with van der Waals surface area (Å²) in [7, 11) is -3.13. The van der Waals surface area contributed by atoms with Crippen molar-refractivity contribution in [2.24, 2.45) is 0 Å². The van der Waals surface area contributed by atoms with E-state index >= 15 is 0 Å². The predicted molar refractivity (Wildman–Crippen MR) is 123 cm³/mol. The van der Waals surface area contributed by atoms with E-state index in [4.69, 9.17) is 4.52 Å². The average molecular weight is 407 g/mol. The molecule has 0 heterocycles. The summed E-state index contributed by atoms with van der Waals surface area (Å²) in [4.78, 5) is 0. The van der Waals surface area contributed by atoms with E-state index < -0.39 is 7.37 Å². The Hall–Kier alpha value is -2.15. The summed E-state index contributed by atoms with van der Waals surface area (Å²) >= 11 is 0. The number of hydrogen-bond acceptors (Lipinski definition) is 2. The van der Waals surface area contributed by atoms with Crippen LogP contribution in [-0.2, 0) is 22.1 Å². The van der Waals surface area contributed by atoms with Gasteiger partial charge in [-0.15, -0.1) is 0 Å². The van der Waals surface area contributed by atoms with Crippen molar-refractivity contribution in [3.05, 3.63) is 96.1 Å². The fourth-order valence-electron chi connectivity index (χ4n) is 3.45. The Morgan fingerprint density at radius 1 is 0.655 bits per heavy atom. The molecule has 0 N–H and O–H groups in total. The lowest BCUT2D eigenvalue weighted by Crippen LogP contribution is -2.18. The summed E-state index contributed by atoms with van der Waals surface area (Å²) in [6, 6.07) is 27.6. The van der Waals surface area contributed by atoms with Gasteiger partial charge in [-0.1, -0.05) is 93.3 Å². The van der Waals surface area contributed by atoms with E-state index in [1.807, 2.05) is 60.7 Å². The van der Waals surface area contributed by atoms with Gasteiger partial charge in [-0.2, -0.15) is 0 Å². The molecule has 3 aromatic rings. The zero-order chi connectivity index (χ0) is 20.4. The highest BCUT2D eigenvalue weighted by atomic mass is 31.2. The molecule has 0 aliphatic heterocycles. The molecule has 0 atom stereocenters. The maximum Gasteiger partial charge on any atom is 0.261 e. The molecule has 0 aliphatic rings. The van der Waals surface area contributed by atoms with Gasteiger partial charge in [0.15, 0.2) is 0 Å². The van der Waals surface area contributed by atoms with Crippen LogP contribution < -0.4 is 10.6 Å². The molecule has 0 spiro atoms. The monoisotopic (exact) mass is 406 g/mol. The molecule has 0 aromatic heterocycles. The van der Waals surface area contributed by atoms with Gasteiger partial charge in [0.05, 0.1) is 6.61 Å². The molecule has 0 saturated carbocycles. The minimum absolute atomic E-state index is 0.331. The van der Waals surface area contributed by atoms with Crippen molar-refractivity contribution in [3.63, 3.8) is 0 Å². The molecule has 0 amide bonds. The standard InChI is InChI=1S/C26H31O2P/c1-2-3-4-5-8-13-23-18-20-24(21-19-23)22-28-29(27,25-14-9-6-10-15-25)26-16-11-7-12-17-26/h6-7,9-12,14-21H,2-5,8,13,22H2,1H3. The summed E-state index contributed by atoms with van der Waals surface area (Å²) in [5.41, 5.74) is 2.41. The number of aryl methyl sites for hydroxylation is 1. The predicted octanol–water partition coefficient (Wildman–Crippen LogP) is 6.65. The van der Waals surface area contributed by atoms with Crippen molar-refractivity contribution < 1.29 is 9.09 Å². The minimum atomic E-state index is -3.13. The number of rotatable bonds is 11. The first kappa shape index (κ1) is 21.6. The van der Waals surface area contributed by atoms with Crippen LogP contribution in [0.15, 0.2) is 84.9 Å². The molecule has 0 saturated heterocycles. The molecule has 0 bridgehead atoms. The van der Waals surface area contributed by atoms with Crippen molar-refractivity contribution in [2.75, 3.05) is 0 Å². The van der Waals surface area contributed by atoms with E-state index in [0.717, 1.165) is 22.6 Å². The van der Waals surface area contributed by atoms with Crippen LogP contribution in [0.3, 0.4) is 0 Å². The second-order valence-corrected chi connectivity index (χ2v) is 9.87. The van der Waals surface area contributed by atoms with Crippen LogP contribution >= 0.6 is 7.37 Å². The molecule has 3 rings (SSSR count). The molecule has 0 unspecified atom stereocenters. The van der Waals surface area contributed by atoms with Gasteiger partial charge in [0, 0.05) is 10.6 Å². The first-order chi connectivity index (χ1) is 14.2. The zero-order valence-electron chi connectivity index (χ0n) is 17.3. The van der Waals surface area contributed by atoms with E-state index in [0.29, 0.717) is 6.61 Å². The second-order valence-electron chi connectivity index (χ2n) is 7.48. The molecule has 0 fully saturated rings. The van der Waals surface area contributed by atoms with Crippen LogP contribution in [0.4, 0.5) is 0 Å². The van der Waals surface area contributed by atoms with E-state index in [1.165, 1.54) is 37.7 Å². The normalized spacial score (nSPS) is 11.5. The quantitative estimate of drug-likeness (QED) is 0.263. The van der Waals surface area contributed by atoms with Crippen molar-refractivity contribution in [1.29, 1.82) is 0 Å². The van der Waals surface area contributed by atoms with Crippen molar-refractivity contribution in [1.82, 2.24) is 0 Å². The van der Waals surface area contributed by atoms with Gasteiger partial charge in [0.25, 0.3) is 7.37 Å². The lowest BCUT2D eigenvalue weighted by molar-refractivity contribution is 0.316. The molecule has 2 nitrogen and oxygen atoms in total. The summed E-state index contributed by atoms with van der Waals surface area (Å²) < 4.78 is 20.0. The number of hydrogen-bond donors (Lipinski definition) is 0. The zero-order valence-corrected chi connectivity index (χ0v) is 18.2.